The Balaban J connectivity index is 1.57. The average molecular weight is 326 g/mol. The number of pyridine rings is 1. The van der Waals surface area contributed by atoms with Crippen molar-refractivity contribution < 1.29 is 9.32 Å². The molecule has 24 heavy (non-hydrogen) atoms. The Labute approximate surface area is 138 Å². The number of nitrogens with zero attached hydrogens (tertiary/aromatic N) is 5. The van der Waals surface area contributed by atoms with E-state index in [0.29, 0.717) is 24.0 Å². The van der Waals surface area contributed by atoms with E-state index >= 15 is 0 Å². The van der Waals surface area contributed by atoms with Crippen molar-refractivity contribution in [3.05, 3.63) is 42.7 Å². The summed E-state index contributed by atoms with van der Waals surface area (Å²) in [5.41, 5.74) is 0.776. The van der Waals surface area contributed by atoms with Gasteiger partial charge in [-0.2, -0.15) is 10.1 Å². The average Bonchev–Trinajstić information content (AvgIpc) is 3.23. The molecule has 0 fully saturated rings. The van der Waals surface area contributed by atoms with Crippen LogP contribution in [0.2, 0.25) is 0 Å². The molecule has 0 aliphatic rings. The molecule has 0 spiro atoms. The molecule has 0 saturated carbocycles. The van der Waals surface area contributed by atoms with Gasteiger partial charge in [-0.15, -0.1) is 0 Å². The molecule has 0 saturated heterocycles. The van der Waals surface area contributed by atoms with E-state index in [2.05, 4.69) is 25.5 Å². The molecule has 3 aromatic heterocycles. The highest BCUT2D eigenvalue weighted by Gasteiger charge is 2.13. The van der Waals surface area contributed by atoms with Crippen molar-refractivity contribution in [3.8, 4) is 11.4 Å². The molecule has 1 N–H and O–H groups in total. The molecule has 0 aliphatic carbocycles. The predicted octanol–water partition coefficient (Wildman–Crippen LogP) is 2.48. The molecular formula is C16H18N6O2. The molecule has 3 aromatic rings. The van der Waals surface area contributed by atoms with Crippen LogP contribution in [0.3, 0.4) is 0 Å². The van der Waals surface area contributed by atoms with E-state index in [9.17, 15) is 4.79 Å². The molecule has 3 rings (SSSR count). The van der Waals surface area contributed by atoms with Crippen molar-refractivity contribution >= 4 is 11.7 Å². The molecule has 0 unspecified atom stereocenters. The first-order valence-electron chi connectivity index (χ1n) is 7.70. The van der Waals surface area contributed by atoms with Crippen molar-refractivity contribution in [1.29, 1.82) is 0 Å². The van der Waals surface area contributed by atoms with Gasteiger partial charge in [-0.3, -0.25) is 9.78 Å². The number of amides is 1. The van der Waals surface area contributed by atoms with Gasteiger partial charge in [-0.1, -0.05) is 5.16 Å². The zero-order valence-corrected chi connectivity index (χ0v) is 13.5. The highest BCUT2D eigenvalue weighted by Crippen LogP contribution is 2.16. The number of nitrogens with one attached hydrogen (secondary N) is 1. The van der Waals surface area contributed by atoms with Gasteiger partial charge < -0.3 is 9.84 Å². The summed E-state index contributed by atoms with van der Waals surface area (Å²) in [6.45, 7) is 4.00. The molecule has 0 atom stereocenters. The van der Waals surface area contributed by atoms with Crippen LogP contribution in [0.25, 0.3) is 11.4 Å². The number of aryl methyl sites for hydroxylation is 1. The zero-order chi connectivity index (χ0) is 16.9. The second kappa shape index (κ2) is 7.03. The summed E-state index contributed by atoms with van der Waals surface area (Å²) in [5, 5.41) is 10.9. The van der Waals surface area contributed by atoms with Gasteiger partial charge in [0, 0.05) is 42.9 Å². The quantitative estimate of drug-likeness (QED) is 0.747. The lowest BCUT2D eigenvalue weighted by Gasteiger charge is -2.11. The van der Waals surface area contributed by atoms with Gasteiger partial charge in [0.1, 0.15) is 5.82 Å². The van der Waals surface area contributed by atoms with Gasteiger partial charge in [0.15, 0.2) is 0 Å². The first-order valence-corrected chi connectivity index (χ1v) is 7.70. The maximum Gasteiger partial charge on any atom is 0.227 e. The number of hydrogen-bond acceptors (Lipinski definition) is 6. The summed E-state index contributed by atoms with van der Waals surface area (Å²) >= 11 is 0. The summed E-state index contributed by atoms with van der Waals surface area (Å²) in [5.74, 6) is 1.44. The van der Waals surface area contributed by atoms with Crippen LogP contribution in [0, 0.1) is 0 Å². The van der Waals surface area contributed by atoms with E-state index in [0.717, 1.165) is 5.56 Å². The van der Waals surface area contributed by atoms with Gasteiger partial charge in [0.25, 0.3) is 0 Å². The van der Waals surface area contributed by atoms with E-state index < -0.39 is 0 Å². The molecule has 0 aromatic carbocycles. The van der Waals surface area contributed by atoms with Crippen LogP contribution in [-0.2, 0) is 11.2 Å². The number of rotatable bonds is 6. The summed E-state index contributed by atoms with van der Waals surface area (Å²) in [7, 11) is 0. The minimum Gasteiger partial charge on any atom is -0.339 e. The van der Waals surface area contributed by atoms with Gasteiger partial charge in [-0.25, -0.2) is 4.68 Å². The van der Waals surface area contributed by atoms with E-state index in [-0.39, 0.29) is 18.4 Å². The maximum atomic E-state index is 12.1. The fraction of sp³-hybridized carbons (Fsp3) is 0.312. The first-order chi connectivity index (χ1) is 11.6. The van der Waals surface area contributed by atoms with Crippen LogP contribution in [0.5, 0.6) is 0 Å². The molecule has 3 heterocycles. The predicted molar refractivity (Wildman–Crippen MR) is 87.1 cm³/mol. The summed E-state index contributed by atoms with van der Waals surface area (Å²) < 4.78 is 6.94. The Hall–Kier alpha value is -3.03. The van der Waals surface area contributed by atoms with Gasteiger partial charge >= 0.3 is 0 Å². The fourth-order valence-electron chi connectivity index (χ4n) is 2.22. The monoisotopic (exact) mass is 326 g/mol. The van der Waals surface area contributed by atoms with E-state index in [4.69, 9.17) is 4.52 Å². The van der Waals surface area contributed by atoms with Gasteiger partial charge in [0.2, 0.25) is 17.6 Å². The van der Waals surface area contributed by atoms with E-state index in [1.54, 1.807) is 35.4 Å². The Morgan fingerprint density at radius 2 is 2.21 bits per heavy atom. The van der Waals surface area contributed by atoms with Crippen LogP contribution in [0.4, 0.5) is 5.82 Å². The van der Waals surface area contributed by atoms with Crippen LogP contribution in [0.15, 0.2) is 41.3 Å². The van der Waals surface area contributed by atoms with E-state index in [1.165, 1.54) is 0 Å². The third-order valence-corrected chi connectivity index (χ3v) is 3.38. The number of hydrogen-bond donors (Lipinski definition) is 1. The number of anilines is 1. The Kier molecular flexibility index (Phi) is 4.64. The summed E-state index contributed by atoms with van der Waals surface area (Å²) in [4.78, 5) is 20.4. The third-order valence-electron chi connectivity index (χ3n) is 3.38. The van der Waals surface area contributed by atoms with Crippen LogP contribution in [-0.4, -0.2) is 30.8 Å². The van der Waals surface area contributed by atoms with Crippen molar-refractivity contribution in [2.75, 3.05) is 5.32 Å². The molecule has 8 heteroatoms. The first kappa shape index (κ1) is 15.9. The lowest BCUT2D eigenvalue weighted by Crippen LogP contribution is -2.17. The summed E-state index contributed by atoms with van der Waals surface area (Å²) in [6.07, 6.45) is 5.62. The number of carbonyl (C=O) groups excluding carboxylic acids is 1. The maximum absolute atomic E-state index is 12.1. The lowest BCUT2D eigenvalue weighted by molar-refractivity contribution is -0.116. The minimum absolute atomic E-state index is 0.126. The van der Waals surface area contributed by atoms with Crippen molar-refractivity contribution in [2.45, 2.75) is 32.7 Å². The molecule has 8 nitrogen and oxygen atoms in total. The van der Waals surface area contributed by atoms with Crippen molar-refractivity contribution in [1.82, 2.24) is 24.9 Å². The molecule has 124 valence electrons. The van der Waals surface area contributed by atoms with Crippen LogP contribution >= 0.6 is 0 Å². The van der Waals surface area contributed by atoms with E-state index in [1.807, 2.05) is 19.9 Å². The van der Waals surface area contributed by atoms with Crippen LogP contribution < -0.4 is 5.32 Å². The zero-order valence-electron chi connectivity index (χ0n) is 13.5. The van der Waals surface area contributed by atoms with Crippen molar-refractivity contribution in [2.24, 2.45) is 0 Å². The number of carbonyl (C=O) groups is 1. The smallest absolute Gasteiger partial charge is 0.227 e. The van der Waals surface area contributed by atoms with Crippen LogP contribution in [0.1, 0.15) is 32.2 Å². The highest BCUT2D eigenvalue weighted by atomic mass is 16.5. The Morgan fingerprint density at radius 1 is 1.33 bits per heavy atom. The molecular weight excluding hydrogens is 308 g/mol. The van der Waals surface area contributed by atoms with Gasteiger partial charge in [-0.05, 0) is 26.0 Å². The summed E-state index contributed by atoms with van der Waals surface area (Å²) in [6, 6.07) is 5.59. The standard InChI is InChI=1S/C16H18N6O2/c1-11(2)22-13(7-9-18-22)19-14(23)5-6-15-20-16(21-24-15)12-4-3-8-17-10-12/h3-4,7-11H,5-6H2,1-2H3,(H,19,23). The molecule has 0 aliphatic heterocycles. The normalized spacial score (nSPS) is 11.0. The third kappa shape index (κ3) is 3.65. The molecule has 0 bridgehead atoms. The largest absolute Gasteiger partial charge is 0.339 e. The fourth-order valence-corrected chi connectivity index (χ4v) is 2.22. The molecule has 1 amide bonds. The topological polar surface area (TPSA) is 98.7 Å². The minimum atomic E-state index is -0.126. The lowest BCUT2D eigenvalue weighted by atomic mass is 10.2. The van der Waals surface area contributed by atoms with Crippen molar-refractivity contribution in [3.63, 3.8) is 0 Å². The highest BCUT2D eigenvalue weighted by molar-refractivity contribution is 5.89. The number of aromatic nitrogens is 5. The SMILES string of the molecule is CC(C)n1nccc1NC(=O)CCc1nc(-c2cccnc2)no1. The second-order valence-electron chi connectivity index (χ2n) is 5.56. The Bertz CT molecular complexity index is 809. The molecule has 0 radical (unpaired) electrons. The second-order valence-corrected chi connectivity index (χ2v) is 5.56. The van der Waals surface area contributed by atoms with Gasteiger partial charge in [0.05, 0.1) is 6.20 Å². The Morgan fingerprint density at radius 3 is 2.96 bits per heavy atom.